The maximum absolute atomic E-state index is 11.9. The van der Waals surface area contributed by atoms with E-state index in [0.29, 0.717) is 18.5 Å². The first-order valence-electron chi connectivity index (χ1n) is 9.75. The molecule has 8 heteroatoms. The smallest absolute Gasteiger partial charge is 0.326 e. The zero-order chi connectivity index (χ0) is 22.6. The molecule has 3 aromatic carbocycles. The van der Waals surface area contributed by atoms with E-state index in [1.54, 1.807) is 30.3 Å². The molecule has 0 saturated carbocycles. The summed E-state index contributed by atoms with van der Waals surface area (Å²) in [4.78, 5) is 26.7. The van der Waals surface area contributed by atoms with Crippen molar-refractivity contribution in [2.45, 2.75) is 18.9 Å². The molecule has 3 rings (SSSR count). The number of aliphatic imine (C=N–C) groups is 1. The quantitative estimate of drug-likeness (QED) is 0.171. The topological polar surface area (TPSA) is 157 Å². The fourth-order valence-corrected chi connectivity index (χ4v) is 2.80. The van der Waals surface area contributed by atoms with E-state index < -0.39 is 17.9 Å². The number of guanidine groups is 1. The van der Waals surface area contributed by atoms with Gasteiger partial charge in [-0.2, -0.15) is 0 Å². The summed E-state index contributed by atoms with van der Waals surface area (Å²) >= 11 is 0. The molecule has 1 atom stereocenters. The number of rotatable bonds is 7. The molecule has 0 bridgehead atoms. The molecule has 0 aromatic heterocycles. The number of carbonyl (C=O) groups excluding carboxylic acids is 1. The van der Waals surface area contributed by atoms with E-state index >= 15 is 0 Å². The van der Waals surface area contributed by atoms with Crippen LogP contribution in [0.25, 0.3) is 10.8 Å². The summed E-state index contributed by atoms with van der Waals surface area (Å²) in [5, 5.41) is 14.0. The van der Waals surface area contributed by atoms with Gasteiger partial charge in [0.2, 0.25) is 0 Å². The Morgan fingerprint density at radius 1 is 0.935 bits per heavy atom. The Balaban J connectivity index is 0.000000258. The molecule has 3 aromatic rings. The highest BCUT2D eigenvalue weighted by atomic mass is 16.4. The van der Waals surface area contributed by atoms with E-state index in [1.165, 1.54) is 10.8 Å². The number of nitrogens with zero attached hydrogens (tertiary/aromatic N) is 1. The molecule has 8 nitrogen and oxygen atoms in total. The predicted octanol–water partition coefficient (Wildman–Crippen LogP) is 2.35. The lowest BCUT2D eigenvalue weighted by molar-refractivity contribution is -0.139. The van der Waals surface area contributed by atoms with Crippen LogP contribution in [0.5, 0.6) is 0 Å². The van der Waals surface area contributed by atoms with Crippen molar-refractivity contribution in [1.82, 2.24) is 5.32 Å². The fourth-order valence-electron chi connectivity index (χ4n) is 2.80. The van der Waals surface area contributed by atoms with Gasteiger partial charge < -0.3 is 27.6 Å². The molecule has 1 unspecified atom stereocenters. The zero-order valence-corrected chi connectivity index (χ0v) is 17.1. The summed E-state index contributed by atoms with van der Waals surface area (Å²) < 4.78 is 0. The van der Waals surface area contributed by atoms with E-state index in [9.17, 15) is 9.59 Å². The van der Waals surface area contributed by atoms with E-state index in [-0.39, 0.29) is 12.4 Å². The van der Waals surface area contributed by atoms with Crippen LogP contribution in [0.4, 0.5) is 5.69 Å². The van der Waals surface area contributed by atoms with Gasteiger partial charge in [-0.15, -0.1) is 0 Å². The van der Waals surface area contributed by atoms with Gasteiger partial charge in [0.1, 0.15) is 6.04 Å². The highest BCUT2D eigenvalue weighted by molar-refractivity contribution is 5.96. The Hall–Kier alpha value is -4.07. The molecule has 0 heterocycles. The Bertz CT molecular complexity index is 1030. The van der Waals surface area contributed by atoms with Gasteiger partial charge in [-0.25, -0.2) is 4.79 Å². The fraction of sp³-hybridized carbons (Fsp3) is 0.174. The molecule has 0 aliphatic heterocycles. The molecular weight excluding hydrogens is 394 g/mol. The number of fused-ring (bicyclic) bond motifs is 1. The standard InChI is InChI=1S/C13H18N4O3.C10H9N/c14-13(15)16-8-4-7-10(12(19)20)17-11(18)9-5-2-1-3-6-9;11-10-6-5-8-3-1-2-4-9(8)7-10/h1-3,5-6,10H,4,7-8H2,(H,17,18)(H,19,20)(H4,14,15,16);1-7H,11H2. The third-order valence-corrected chi connectivity index (χ3v) is 4.36. The van der Waals surface area contributed by atoms with Crippen LogP contribution in [0.1, 0.15) is 23.2 Å². The SMILES string of the molecule is NC(N)=NCCCC(NC(=O)c1ccccc1)C(=O)O.Nc1ccc2ccccc2c1. The number of nitrogens with one attached hydrogen (secondary N) is 1. The third kappa shape index (κ3) is 8.06. The highest BCUT2D eigenvalue weighted by Gasteiger charge is 2.19. The summed E-state index contributed by atoms with van der Waals surface area (Å²) in [6, 6.07) is 21.6. The summed E-state index contributed by atoms with van der Waals surface area (Å²) in [7, 11) is 0. The summed E-state index contributed by atoms with van der Waals surface area (Å²) in [6.45, 7) is 0.327. The number of hydrogen-bond acceptors (Lipinski definition) is 4. The number of hydrogen-bond donors (Lipinski definition) is 5. The first-order chi connectivity index (χ1) is 14.9. The molecule has 0 fully saturated rings. The number of amides is 1. The molecule has 8 N–H and O–H groups in total. The van der Waals surface area contributed by atoms with Gasteiger partial charge in [0, 0.05) is 17.8 Å². The minimum atomic E-state index is -1.08. The molecular formula is C23H27N5O3. The first kappa shape index (κ1) is 23.2. The van der Waals surface area contributed by atoms with Crippen LogP contribution in [-0.2, 0) is 4.79 Å². The van der Waals surface area contributed by atoms with Crippen LogP contribution < -0.4 is 22.5 Å². The maximum atomic E-state index is 11.9. The number of anilines is 1. The van der Waals surface area contributed by atoms with E-state index in [2.05, 4.69) is 22.4 Å². The molecule has 0 aliphatic rings. The van der Waals surface area contributed by atoms with Crippen molar-refractivity contribution in [3.8, 4) is 0 Å². The molecule has 31 heavy (non-hydrogen) atoms. The molecule has 0 saturated heterocycles. The zero-order valence-electron chi connectivity index (χ0n) is 17.1. The van der Waals surface area contributed by atoms with Gasteiger partial charge in [-0.1, -0.05) is 48.5 Å². The Kier molecular flexibility index (Phi) is 8.85. The van der Waals surface area contributed by atoms with E-state index in [1.807, 2.05) is 30.3 Å². The van der Waals surface area contributed by atoms with Gasteiger partial charge in [0.05, 0.1) is 0 Å². The number of carboxylic acid groups (broad SMARTS) is 1. The van der Waals surface area contributed by atoms with Crippen molar-refractivity contribution in [3.05, 3.63) is 78.4 Å². The van der Waals surface area contributed by atoms with Crippen LogP contribution >= 0.6 is 0 Å². The third-order valence-electron chi connectivity index (χ3n) is 4.36. The number of carboxylic acids is 1. The van der Waals surface area contributed by atoms with Crippen molar-refractivity contribution in [2.75, 3.05) is 12.3 Å². The average molecular weight is 422 g/mol. The number of nitrogens with two attached hydrogens (primary N) is 3. The number of benzene rings is 3. The minimum absolute atomic E-state index is 0.0369. The molecule has 0 radical (unpaired) electrons. The number of aliphatic carboxylic acids is 1. The van der Waals surface area contributed by atoms with Crippen LogP contribution in [0.2, 0.25) is 0 Å². The lowest BCUT2D eigenvalue weighted by Crippen LogP contribution is -2.40. The average Bonchev–Trinajstić information content (AvgIpc) is 2.76. The second-order valence-electron chi connectivity index (χ2n) is 6.79. The van der Waals surface area contributed by atoms with Gasteiger partial charge >= 0.3 is 5.97 Å². The minimum Gasteiger partial charge on any atom is -0.480 e. The van der Waals surface area contributed by atoms with Crippen LogP contribution in [0.15, 0.2) is 77.8 Å². The van der Waals surface area contributed by atoms with Crippen molar-refractivity contribution >= 4 is 34.3 Å². The summed E-state index contributed by atoms with van der Waals surface area (Å²) in [5.41, 5.74) is 17.2. The predicted molar refractivity (Wildman–Crippen MR) is 124 cm³/mol. The second-order valence-corrected chi connectivity index (χ2v) is 6.79. The van der Waals surface area contributed by atoms with Gasteiger partial charge in [-0.3, -0.25) is 9.79 Å². The lowest BCUT2D eigenvalue weighted by Gasteiger charge is -2.14. The van der Waals surface area contributed by atoms with Crippen LogP contribution in [0, 0.1) is 0 Å². The maximum Gasteiger partial charge on any atom is 0.326 e. The first-order valence-corrected chi connectivity index (χ1v) is 9.75. The Morgan fingerprint density at radius 3 is 2.23 bits per heavy atom. The van der Waals surface area contributed by atoms with Crippen LogP contribution in [0.3, 0.4) is 0 Å². The van der Waals surface area contributed by atoms with Gasteiger partial charge in [-0.05, 0) is 47.9 Å². The van der Waals surface area contributed by atoms with Crippen molar-refractivity contribution < 1.29 is 14.7 Å². The largest absolute Gasteiger partial charge is 0.480 e. The van der Waals surface area contributed by atoms with Gasteiger partial charge in [0.15, 0.2) is 5.96 Å². The van der Waals surface area contributed by atoms with Gasteiger partial charge in [0.25, 0.3) is 5.91 Å². The summed E-state index contributed by atoms with van der Waals surface area (Å²) in [5.74, 6) is -1.54. The number of nitrogen functional groups attached to an aromatic ring is 1. The monoisotopic (exact) mass is 421 g/mol. The Morgan fingerprint density at radius 2 is 1.58 bits per heavy atom. The van der Waals surface area contributed by atoms with Crippen molar-refractivity contribution in [2.24, 2.45) is 16.5 Å². The summed E-state index contributed by atoms with van der Waals surface area (Å²) in [6.07, 6.45) is 0.717. The lowest BCUT2D eigenvalue weighted by atomic mass is 10.1. The second kappa shape index (κ2) is 11.8. The van der Waals surface area contributed by atoms with Crippen LogP contribution in [-0.4, -0.2) is 35.5 Å². The van der Waals surface area contributed by atoms with E-state index in [4.69, 9.17) is 22.3 Å². The molecule has 0 spiro atoms. The molecule has 0 aliphatic carbocycles. The normalized spacial score (nSPS) is 11.0. The molecule has 1 amide bonds. The van der Waals surface area contributed by atoms with Crippen molar-refractivity contribution in [1.29, 1.82) is 0 Å². The molecule has 162 valence electrons. The number of carbonyl (C=O) groups is 2. The van der Waals surface area contributed by atoms with E-state index in [0.717, 1.165) is 5.69 Å². The highest BCUT2D eigenvalue weighted by Crippen LogP contribution is 2.16. The van der Waals surface area contributed by atoms with Crippen molar-refractivity contribution in [3.63, 3.8) is 0 Å². The Labute approximate surface area is 180 Å².